The average Bonchev–Trinajstić information content (AvgIpc) is 2.88. The van der Waals surface area contributed by atoms with Crippen molar-refractivity contribution >= 4 is 11.7 Å². The maximum absolute atomic E-state index is 11.7. The zero-order valence-corrected chi connectivity index (χ0v) is 10.0. The van der Waals surface area contributed by atoms with Crippen molar-refractivity contribution in [1.29, 1.82) is 0 Å². The first-order valence-electron chi connectivity index (χ1n) is 5.87. The molecule has 3 rings (SSSR count). The van der Waals surface area contributed by atoms with Gasteiger partial charge < -0.3 is 14.4 Å². The molecule has 0 aromatic heterocycles. The summed E-state index contributed by atoms with van der Waals surface area (Å²) in [6.07, 6.45) is 0.261. The number of likely N-dealkylation sites (tertiary alicyclic amines) is 1. The molecular formula is C13H13NO4. The topological polar surface area (TPSA) is 55.8 Å². The number of nitrogens with zero attached hydrogens (tertiary/aromatic N) is 1. The van der Waals surface area contributed by atoms with E-state index in [-0.39, 0.29) is 18.3 Å². The minimum Gasteiger partial charge on any atom is -0.485 e. The molecule has 5 heteroatoms. The van der Waals surface area contributed by atoms with Crippen LogP contribution in [0, 0.1) is 0 Å². The van der Waals surface area contributed by atoms with Gasteiger partial charge in [-0.15, -0.1) is 0 Å². The summed E-state index contributed by atoms with van der Waals surface area (Å²) in [6, 6.07) is 5.06. The molecule has 1 fully saturated rings. The number of benzene rings is 1. The van der Waals surface area contributed by atoms with Crippen LogP contribution >= 0.6 is 0 Å². The highest BCUT2D eigenvalue weighted by atomic mass is 16.5. The molecule has 0 N–H and O–H groups in total. The molecule has 5 nitrogen and oxygen atoms in total. The van der Waals surface area contributed by atoms with Gasteiger partial charge in [0.15, 0.2) is 12.7 Å². The van der Waals surface area contributed by atoms with E-state index in [9.17, 15) is 9.59 Å². The third-order valence-electron chi connectivity index (χ3n) is 3.27. The highest BCUT2D eigenvalue weighted by molar-refractivity contribution is 6.02. The summed E-state index contributed by atoms with van der Waals surface area (Å²) in [5, 5.41) is 0. The first-order valence-corrected chi connectivity index (χ1v) is 5.87. The largest absolute Gasteiger partial charge is 0.485 e. The van der Waals surface area contributed by atoms with E-state index in [1.54, 1.807) is 30.1 Å². The lowest BCUT2D eigenvalue weighted by atomic mass is 10.1. The number of ketones is 1. The highest BCUT2D eigenvalue weighted by Crippen LogP contribution is 2.30. The Hall–Kier alpha value is -2.04. The van der Waals surface area contributed by atoms with Gasteiger partial charge in [-0.2, -0.15) is 0 Å². The number of carbonyl (C=O) groups is 2. The van der Waals surface area contributed by atoms with Gasteiger partial charge >= 0.3 is 0 Å². The Labute approximate surface area is 104 Å². The van der Waals surface area contributed by atoms with Gasteiger partial charge in [-0.3, -0.25) is 9.59 Å². The van der Waals surface area contributed by atoms with Crippen molar-refractivity contribution in [2.75, 3.05) is 20.2 Å². The van der Waals surface area contributed by atoms with Crippen molar-refractivity contribution in [2.45, 2.75) is 12.5 Å². The van der Waals surface area contributed by atoms with Gasteiger partial charge in [0.1, 0.15) is 11.5 Å². The van der Waals surface area contributed by atoms with Crippen molar-refractivity contribution in [1.82, 2.24) is 4.90 Å². The van der Waals surface area contributed by atoms with E-state index in [1.165, 1.54) is 0 Å². The molecule has 2 aliphatic heterocycles. The number of hydrogen-bond acceptors (Lipinski definition) is 4. The number of amides is 1. The van der Waals surface area contributed by atoms with Crippen LogP contribution in [0.2, 0.25) is 0 Å². The molecular weight excluding hydrogens is 234 g/mol. The maximum Gasteiger partial charge on any atom is 0.263 e. The average molecular weight is 247 g/mol. The number of carbonyl (C=O) groups excluding carboxylic acids is 2. The molecule has 1 atom stereocenters. The van der Waals surface area contributed by atoms with E-state index >= 15 is 0 Å². The first-order chi connectivity index (χ1) is 8.65. The number of hydrogen-bond donors (Lipinski definition) is 0. The van der Waals surface area contributed by atoms with Crippen molar-refractivity contribution in [3.63, 3.8) is 0 Å². The smallest absolute Gasteiger partial charge is 0.263 e. The van der Waals surface area contributed by atoms with Crippen LogP contribution in [0.4, 0.5) is 0 Å². The van der Waals surface area contributed by atoms with E-state index in [4.69, 9.17) is 9.47 Å². The predicted molar refractivity (Wildman–Crippen MR) is 62.9 cm³/mol. The first kappa shape index (κ1) is 11.1. The van der Waals surface area contributed by atoms with Gasteiger partial charge in [0.05, 0.1) is 5.56 Å². The number of Topliss-reactive ketones (excluding diaryl/α,β-unsaturated/α-hetero) is 1. The lowest BCUT2D eigenvalue weighted by Gasteiger charge is -2.13. The van der Waals surface area contributed by atoms with Gasteiger partial charge in [-0.1, -0.05) is 0 Å². The van der Waals surface area contributed by atoms with Gasteiger partial charge in [-0.05, 0) is 12.1 Å². The molecule has 1 aromatic carbocycles. The maximum atomic E-state index is 11.7. The molecule has 18 heavy (non-hydrogen) atoms. The van der Waals surface area contributed by atoms with E-state index in [0.29, 0.717) is 30.0 Å². The molecule has 1 saturated heterocycles. The molecule has 0 saturated carbocycles. The molecule has 94 valence electrons. The van der Waals surface area contributed by atoms with Crippen molar-refractivity contribution in [2.24, 2.45) is 0 Å². The Morgan fingerprint density at radius 3 is 2.94 bits per heavy atom. The Kier molecular flexibility index (Phi) is 2.47. The fourth-order valence-corrected chi connectivity index (χ4v) is 2.21. The number of likely N-dealkylation sites (N-methyl/N-ethyl adjacent to an activating group) is 1. The van der Waals surface area contributed by atoms with Crippen LogP contribution in [0.25, 0.3) is 0 Å². The number of fused-ring (bicyclic) bond motifs is 1. The van der Waals surface area contributed by atoms with Crippen molar-refractivity contribution in [3.8, 4) is 11.5 Å². The Bertz CT molecular complexity index is 526. The van der Waals surface area contributed by atoms with Gasteiger partial charge in [0.25, 0.3) is 5.91 Å². The van der Waals surface area contributed by atoms with E-state index in [0.717, 1.165) is 0 Å². The van der Waals surface area contributed by atoms with E-state index in [2.05, 4.69) is 0 Å². The Balaban J connectivity index is 1.78. The second-order valence-electron chi connectivity index (χ2n) is 4.52. The quantitative estimate of drug-likeness (QED) is 0.778. The monoisotopic (exact) mass is 247 g/mol. The fraction of sp³-hybridized carbons (Fsp3) is 0.385. The molecule has 1 amide bonds. The van der Waals surface area contributed by atoms with Gasteiger partial charge in [-0.25, -0.2) is 0 Å². The number of rotatable bonds is 2. The molecule has 0 spiro atoms. The summed E-state index contributed by atoms with van der Waals surface area (Å²) in [4.78, 5) is 24.8. The highest BCUT2D eigenvalue weighted by Gasteiger charge is 2.31. The normalized spacial score (nSPS) is 22.1. The SMILES string of the molecule is CN1CCC(Oc2ccc3c(c2)OCC3=O)C1=O. The van der Waals surface area contributed by atoms with Crippen LogP contribution in [0.1, 0.15) is 16.8 Å². The van der Waals surface area contributed by atoms with Crippen LogP contribution in [-0.2, 0) is 4.79 Å². The minimum absolute atomic E-state index is 0.00695. The summed E-state index contributed by atoms with van der Waals surface area (Å²) in [7, 11) is 1.76. The Morgan fingerprint density at radius 1 is 1.39 bits per heavy atom. The molecule has 0 bridgehead atoms. The van der Waals surface area contributed by atoms with Crippen LogP contribution < -0.4 is 9.47 Å². The molecule has 2 heterocycles. The molecule has 1 unspecified atom stereocenters. The van der Waals surface area contributed by atoms with Crippen LogP contribution in [0.3, 0.4) is 0 Å². The van der Waals surface area contributed by atoms with Crippen LogP contribution in [0.15, 0.2) is 18.2 Å². The number of ether oxygens (including phenoxy) is 2. The summed E-state index contributed by atoms with van der Waals surface area (Å²) >= 11 is 0. The lowest BCUT2D eigenvalue weighted by Crippen LogP contribution is -2.29. The summed E-state index contributed by atoms with van der Waals surface area (Å²) < 4.78 is 10.9. The summed E-state index contributed by atoms with van der Waals surface area (Å²) in [5.74, 6) is 1.08. The molecule has 1 aromatic rings. The molecule has 0 aliphatic carbocycles. The fourth-order valence-electron chi connectivity index (χ4n) is 2.21. The minimum atomic E-state index is -0.426. The van der Waals surface area contributed by atoms with Crippen LogP contribution in [0.5, 0.6) is 11.5 Å². The summed E-state index contributed by atoms with van der Waals surface area (Å²) in [5.41, 5.74) is 0.581. The second kappa shape index (κ2) is 4.01. The second-order valence-corrected chi connectivity index (χ2v) is 4.52. The third kappa shape index (κ3) is 1.72. The standard InChI is InChI=1S/C13H13NO4/c1-14-5-4-11(13(14)16)18-8-2-3-9-10(15)7-17-12(9)6-8/h2-3,6,11H,4-5,7H2,1H3. The third-order valence-corrected chi connectivity index (χ3v) is 3.27. The van der Waals surface area contributed by atoms with Gasteiger partial charge in [0.2, 0.25) is 5.78 Å². The Morgan fingerprint density at radius 2 is 2.22 bits per heavy atom. The van der Waals surface area contributed by atoms with E-state index < -0.39 is 6.10 Å². The molecule has 2 aliphatic rings. The van der Waals surface area contributed by atoms with Gasteiger partial charge in [0, 0.05) is 26.1 Å². The lowest BCUT2D eigenvalue weighted by molar-refractivity contribution is -0.132. The summed E-state index contributed by atoms with van der Waals surface area (Å²) in [6.45, 7) is 0.799. The zero-order chi connectivity index (χ0) is 12.7. The van der Waals surface area contributed by atoms with E-state index in [1.807, 2.05) is 0 Å². The van der Waals surface area contributed by atoms with Crippen molar-refractivity contribution in [3.05, 3.63) is 23.8 Å². The van der Waals surface area contributed by atoms with Crippen molar-refractivity contribution < 1.29 is 19.1 Å². The molecule has 0 radical (unpaired) electrons. The predicted octanol–water partition coefficient (Wildman–Crippen LogP) is 0.871. The van der Waals surface area contributed by atoms with Crippen LogP contribution in [-0.4, -0.2) is 42.9 Å². The zero-order valence-electron chi connectivity index (χ0n) is 10.0.